The predicted octanol–water partition coefficient (Wildman–Crippen LogP) is -4.12. The second-order valence-corrected chi connectivity index (χ2v) is 7.24. The van der Waals surface area contributed by atoms with Crippen molar-refractivity contribution < 1.29 is 29.4 Å². The summed E-state index contributed by atoms with van der Waals surface area (Å²) in [4.78, 5) is 58.7. The third-order valence-electron chi connectivity index (χ3n) is 4.39. The molecule has 0 aliphatic rings. The van der Waals surface area contributed by atoms with E-state index in [2.05, 4.69) is 30.9 Å². The third kappa shape index (κ3) is 10.4. The molecule has 0 radical (unpaired) electrons. The topological polar surface area (TPSA) is 264 Å². The molecule has 1 aromatic heterocycles. The van der Waals surface area contributed by atoms with Crippen molar-refractivity contribution in [2.24, 2.45) is 22.2 Å². The van der Waals surface area contributed by atoms with Crippen LogP contribution in [-0.2, 0) is 25.6 Å². The molecule has 1 rings (SSSR count). The number of imidazole rings is 1. The van der Waals surface area contributed by atoms with Gasteiger partial charge in [0.2, 0.25) is 17.7 Å². The number of hydrogen-bond donors (Lipinski definition) is 9. The van der Waals surface area contributed by atoms with E-state index in [1.165, 1.54) is 19.4 Å². The van der Waals surface area contributed by atoms with Gasteiger partial charge in [-0.05, 0) is 19.8 Å². The number of aromatic amines is 1. The number of carboxylic acids is 1. The third-order valence-corrected chi connectivity index (χ3v) is 4.39. The van der Waals surface area contributed by atoms with Gasteiger partial charge >= 0.3 is 5.97 Å². The number of aliphatic imine (C=N–C) groups is 1. The fourth-order valence-electron chi connectivity index (χ4n) is 2.71. The van der Waals surface area contributed by atoms with Crippen LogP contribution in [-0.4, -0.2) is 87.2 Å². The van der Waals surface area contributed by atoms with E-state index in [-0.39, 0.29) is 31.8 Å². The first kappa shape index (κ1) is 27.3. The van der Waals surface area contributed by atoms with Gasteiger partial charge in [-0.1, -0.05) is 0 Å². The maximum Gasteiger partial charge on any atom is 0.322 e. The minimum Gasteiger partial charge on any atom is -0.480 e. The lowest BCUT2D eigenvalue weighted by Gasteiger charge is -2.25. The van der Waals surface area contributed by atoms with E-state index in [4.69, 9.17) is 22.3 Å². The number of carbonyl (C=O) groups excluding carboxylic acids is 3. The first-order valence-electron chi connectivity index (χ1n) is 10.1. The van der Waals surface area contributed by atoms with Crippen molar-refractivity contribution in [2.75, 3.05) is 13.1 Å². The van der Waals surface area contributed by atoms with E-state index in [1.54, 1.807) is 0 Å². The number of carbonyl (C=O) groups is 4. The molecule has 0 saturated carbocycles. The minimum absolute atomic E-state index is 0.0633. The largest absolute Gasteiger partial charge is 0.480 e. The maximum atomic E-state index is 12.7. The molecule has 15 heteroatoms. The van der Waals surface area contributed by atoms with Crippen molar-refractivity contribution in [1.82, 2.24) is 25.9 Å². The monoisotopic (exact) mass is 469 g/mol. The summed E-state index contributed by atoms with van der Waals surface area (Å²) in [5, 5.41) is 25.7. The molecular formula is C18H31N9O6. The molecule has 15 nitrogen and oxygen atoms in total. The van der Waals surface area contributed by atoms with Gasteiger partial charge in [0.1, 0.15) is 18.6 Å². The normalized spacial score (nSPS) is 14.3. The van der Waals surface area contributed by atoms with Gasteiger partial charge in [-0.2, -0.15) is 0 Å². The number of aromatic nitrogens is 2. The average molecular weight is 470 g/mol. The average Bonchev–Trinajstić information content (AvgIpc) is 3.24. The van der Waals surface area contributed by atoms with Crippen molar-refractivity contribution in [2.45, 2.75) is 50.4 Å². The zero-order valence-corrected chi connectivity index (χ0v) is 18.2. The van der Waals surface area contributed by atoms with Gasteiger partial charge in [0.15, 0.2) is 5.96 Å². The highest BCUT2D eigenvalue weighted by atomic mass is 16.4. The van der Waals surface area contributed by atoms with E-state index in [0.717, 1.165) is 0 Å². The molecule has 4 atom stereocenters. The Balaban J connectivity index is 2.82. The molecule has 0 aliphatic carbocycles. The van der Waals surface area contributed by atoms with Gasteiger partial charge in [0.25, 0.3) is 0 Å². The Labute approximate surface area is 189 Å². The van der Waals surface area contributed by atoms with Crippen LogP contribution in [0.2, 0.25) is 0 Å². The van der Waals surface area contributed by atoms with Gasteiger partial charge in [-0.25, -0.2) is 4.98 Å². The van der Waals surface area contributed by atoms with Crippen LogP contribution in [0.1, 0.15) is 25.5 Å². The molecule has 33 heavy (non-hydrogen) atoms. The van der Waals surface area contributed by atoms with Crippen LogP contribution in [0.25, 0.3) is 0 Å². The number of nitrogens with two attached hydrogens (primary N) is 3. The molecule has 0 aromatic carbocycles. The zero-order chi connectivity index (χ0) is 25.0. The number of aliphatic carboxylic acids is 1. The minimum atomic E-state index is -1.42. The second-order valence-electron chi connectivity index (χ2n) is 7.24. The summed E-state index contributed by atoms with van der Waals surface area (Å²) >= 11 is 0. The Hall–Kier alpha value is -3.72. The number of carboxylic acid groups (broad SMARTS) is 1. The number of nitrogens with zero attached hydrogens (tertiary/aromatic N) is 2. The highest BCUT2D eigenvalue weighted by molar-refractivity contribution is 5.94. The molecule has 3 amide bonds. The Morgan fingerprint density at radius 2 is 1.88 bits per heavy atom. The Kier molecular flexibility index (Phi) is 11.3. The van der Waals surface area contributed by atoms with Gasteiger partial charge in [0.05, 0.1) is 18.5 Å². The van der Waals surface area contributed by atoms with Crippen molar-refractivity contribution in [1.29, 1.82) is 0 Å². The molecule has 12 N–H and O–H groups in total. The van der Waals surface area contributed by atoms with Crippen molar-refractivity contribution >= 4 is 29.7 Å². The summed E-state index contributed by atoms with van der Waals surface area (Å²) < 4.78 is 0. The second kappa shape index (κ2) is 13.6. The molecule has 4 unspecified atom stereocenters. The number of H-pyrrole nitrogens is 1. The summed E-state index contributed by atoms with van der Waals surface area (Å²) in [6.07, 6.45) is 2.06. The van der Waals surface area contributed by atoms with E-state index in [0.29, 0.717) is 5.69 Å². The van der Waals surface area contributed by atoms with Crippen LogP contribution < -0.4 is 33.2 Å². The quantitative estimate of drug-likeness (QED) is 0.0721. The van der Waals surface area contributed by atoms with Crippen molar-refractivity contribution in [3.8, 4) is 0 Å². The molecule has 0 fully saturated rings. The Morgan fingerprint density at radius 3 is 2.42 bits per heavy atom. The predicted molar refractivity (Wildman–Crippen MR) is 116 cm³/mol. The van der Waals surface area contributed by atoms with Crippen LogP contribution in [0.5, 0.6) is 0 Å². The van der Waals surface area contributed by atoms with Crippen LogP contribution >= 0.6 is 0 Å². The summed E-state index contributed by atoms with van der Waals surface area (Å²) in [5.41, 5.74) is 17.0. The van der Waals surface area contributed by atoms with Gasteiger partial charge in [-0.3, -0.25) is 24.2 Å². The summed E-state index contributed by atoms with van der Waals surface area (Å²) in [7, 11) is 0. The molecule has 0 bridgehead atoms. The molecule has 1 heterocycles. The van der Waals surface area contributed by atoms with E-state index in [9.17, 15) is 24.3 Å². The molecule has 0 saturated heterocycles. The van der Waals surface area contributed by atoms with Crippen LogP contribution in [0.4, 0.5) is 0 Å². The van der Waals surface area contributed by atoms with Crippen LogP contribution in [0.3, 0.4) is 0 Å². The van der Waals surface area contributed by atoms with Gasteiger partial charge in [-0.15, -0.1) is 0 Å². The summed E-state index contributed by atoms with van der Waals surface area (Å²) in [6.45, 7) is 0.793. The fourth-order valence-corrected chi connectivity index (χ4v) is 2.71. The number of rotatable bonds is 14. The zero-order valence-electron chi connectivity index (χ0n) is 18.2. The van der Waals surface area contributed by atoms with Gasteiger partial charge in [0, 0.05) is 24.9 Å². The number of amides is 3. The van der Waals surface area contributed by atoms with Crippen LogP contribution in [0.15, 0.2) is 17.5 Å². The lowest BCUT2D eigenvalue weighted by molar-refractivity contribution is -0.138. The van der Waals surface area contributed by atoms with Gasteiger partial charge < -0.3 is 48.3 Å². The summed E-state index contributed by atoms with van der Waals surface area (Å²) in [5.74, 6) is -3.74. The lowest BCUT2D eigenvalue weighted by atomic mass is 10.1. The highest BCUT2D eigenvalue weighted by Crippen LogP contribution is 2.03. The van der Waals surface area contributed by atoms with E-state index < -0.39 is 54.5 Å². The molecule has 1 aromatic rings. The lowest BCUT2D eigenvalue weighted by Crippen LogP contribution is -2.59. The number of nitrogens with one attached hydrogen (secondary N) is 4. The molecule has 0 aliphatic heterocycles. The highest BCUT2D eigenvalue weighted by Gasteiger charge is 2.31. The van der Waals surface area contributed by atoms with E-state index in [1.807, 2.05) is 0 Å². The van der Waals surface area contributed by atoms with Crippen molar-refractivity contribution in [3.63, 3.8) is 0 Å². The van der Waals surface area contributed by atoms with E-state index >= 15 is 0 Å². The first-order chi connectivity index (χ1) is 15.5. The van der Waals surface area contributed by atoms with Crippen molar-refractivity contribution in [3.05, 3.63) is 18.2 Å². The molecule has 184 valence electrons. The maximum absolute atomic E-state index is 12.7. The standard InChI is InChI=1S/C18H31N9O6/c1-9(28)14(27-15(31)11(19)5-10-6-22-8-25-10)17(33)26-12(3-2-4-23-18(20)21)16(32)24-7-13(29)30/h6,8-9,11-12,14,28H,2-5,7,19H2,1H3,(H,22,25)(H,24,32)(H,26,33)(H,27,31)(H,29,30)(H4,20,21,23). The number of aliphatic hydroxyl groups excluding tert-OH is 1. The fraction of sp³-hybridized carbons (Fsp3) is 0.556. The number of aliphatic hydroxyl groups is 1. The molecule has 0 spiro atoms. The Morgan fingerprint density at radius 1 is 1.18 bits per heavy atom. The Bertz CT molecular complexity index is 823. The SMILES string of the molecule is CC(O)C(NC(=O)C(N)Cc1cnc[nH]1)C(=O)NC(CCCN=C(N)N)C(=O)NCC(=O)O. The smallest absolute Gasteiger partial charge is 0.322 e. The molecular weight excluding hydrogens is 438 g/mol. The summed E-state index contributed by atoms with van der Waals surface area (Å²) in [6, 6.07) is -3.62. The number of guanidine groups is 1. The van der Waals surface area contributed by atoms with Crippen LogP contribution in [0, 0.1) is 0 Å². The first-order valence-corrected chi connectivity index (χ1v) is 10.1. The number of hydrogen-bond acceptors (Lipinski definition) is 8.